The second-order valence-corrected chi connectivity index (χ2v) is 5.96. The number of halogens is 1. The van der Waals surface area contributed by atoms with E-state index in [9.17, 15) is 0 Å². The third kappa shape index (κ3) is 4.09. The molecule has 0 atom stereocenters. The van der Waals surface area contributed by atoms with Crippen LogP contribution in [-0.4, -0.2) is 39.5 Å². The lowest BCUT2D eigenvalue weighted by molar-refractivity contribution is 0.196. The molecule has 4 nitrogen and oxygen atoms in total. The SMILES string of the molecule is CCN(CCO)Cc1c(C)nn(Cc2ccc(Cl)cc2)c1C. The summed E-state index contributed by atoms with van der Waals surface area (Å²) in [6.45, 7) is 9.64. The van der Waals surface area contributed by atoms with Crippen molar-refractivity contribution in [3.8, 4) is 0 Å². The molecule has 2 aromatic rings. The molecule has 0 saturated carbocycles. The molecule has 0 amide bonds. The molecule has 0 saturated heterocycles. The summed E-state index contributed by atoms with van der Waals surface area (Å²) in [6, 6.07) is 7.87. The lowest BCUT2D eigenvalue weighted by Crippen LogP contribution is -2.26. The minimum Gasteiger partial charge on any atom is -0.395 e. The Kier molecular flexibility index (Phi) is 6.00. The number of nitrogens with zero attached hydrogens (tertiary/aromatic N) is 3. The van der Waals surface area contributed by atoms with Crippen LogP contribution in [0.1, 0.15) is 29.4 Å². The molecule has 1 heterocycles. The zero-order valence-electron chi connectivity index (χ0n) is 13.5. The van der Waals surface area contributed by atoms with Gasteiger partial charge in [0.2, 0.25) is 0 Å². The number of hydrogen-bond donors (Lipinski definition) is 1. The minimum absolute atomic E-state index is 0.185. The van der Waals surface area contributed by atoms with E-state index in [4.69, 9.17) is 16.7 Å². The molecule has 0 fully saturated rings. The van der Waals surface area contributed by atoms with Crippen LogP contribution in [0.4, 0.5) is 0 Å². The average Bonchev–Trinajstić information content (AvgIpc) is 2.76. The number of aliphatic hydroxyl groups is 1. The minimum atomic E-state index is 0.185. The molecule has 1 aromatic carbocycles. The topological polar surface area (TPSA) is 41.3 Å². The second-order valence-electron chi connectivity index (χ2n) is 5.53. The quantitative estimate of drug-likeness (QED) is 0.852. The maximum Gasteiger partial charge on any atom is 0.0662 e. The van der Waals surface area contributed by atoms with Gasteiger partial charge in [0.25, 0.3) is 0 Å². The molecule has 0 aliphatic heterocycles. The van der Waals surface area contributed by atoms with Crippen molar-refractivity contribution in [1.29, 1.82) is 0 Å². The van der Waals surface area contributed by atoms with Crippen molar-refractivity contribution < 1.29 is 5.11 Å². The van der Waals surface area contributed by atoms with Gasteiger partial charge in [-0.25, -0.2) is 0 Å². The Hall–Kier alpha value is -1.36. The third-order valence-corrected chi connectivity index (χ3v) is 4.27. The summed E-state index contributed by atoms with van der Waals surface area (Å²) in [4.78, 5) is 2.23. The average molecular weight is 322 g/mol. The van der Waals surface area contributed by atoms with Crippen molar-refractivity contribution in [3.63, 3.8) is 0 Å². The largest absolute Gasteiger partial charge is 0.395 e. The Morgan fingerprint density at radius 3 is 2.50 bits per heavy atom. The first-order valence-electron chi connectivity index (χ1n) is 7.65. The number of likely N-dealkylation sites (N-methyl/N-ethyl adjacent to an activating group) is 1. The fraction of sp³-hybridized carbons (Fsp3) is 0.471. The Morgan fingerprint density at radius 1 is 1.23 bits per heavy atom. The Labute approximate surface area is 137 Å². The summed E-state index contributed by atoms with van der Waals surface area (Å²) in [5.74, 6) is 0. The molecule has 120 valence electrons. The molecule has 0 radical (unpaired) electrons. The number of benzene rings is 1. The van der Waals surface area contributed by atoms with E-state index in [0.717, 1.165) is 30.4 Å². The molecule has 0 unspecified atom stereocenters. The van der Waals surface area contributed by atoms with E-state index in [-0.39, 0.29) is 6.61 Å². The highest BCUT2D eigenvalue weighted by Crippen LogP contribution is 2.18. The number of aryl methyl sites for hydroxylation is 1. The second kappa shape index (κ2) is 7.77. The summed E-state index contributed by atoms with van der Waals surface area (Å²) in [6.07, 6.45) is 0. The Bertz CT molecular complexity index is 607. The van der Waals surface area contributed by atoms with Crippen LogP contribution >= 0.6 is 11.6 Å². The summed E-state index contributed by atoms with van der Waals surface area (Å²) in [5, 5.41) is 14.6. The van der Waals surface area contributed by atoms with E-state index < -0.39 is 0 Å². The van der Waals surface area contributed by atoms with Crippen LogP contribution < -0.4 is 0 Å². The molecule has 22 heavy (non-hydrogen) atoms. The monoisotopic (exact) mass is 321 g/mol. The van der Waals surface area contributed by atoms with Gasteiger partial charge >= 0.3 is 0 Å². The molecule has 1 aromatic heterocycles. The lowest BCUT2D eigenvalue weighted by atomic mass is 10.1. The molecule has 2 rings (SSSR count). The van der Waals surface area contributed by atoms with E-state index in [1.54, 1.807) is 0 Å². The summed E-state index contributed by atoms with van der Waals surface area (Å²) in [7, 11) is 0. The van der Waals surface area contributed by atoms with Crippen molar-refractivity contribution in [1.82, 2.24) is 14.7 Å². The number of aliphatic hydroxyl groups excluding tert-OH is 1. The fourth-order valence-electron chi connectivity index (χ4n) is 2.59. The smallest absolute Gasteiger partial charge is 0.0662 e. The van der Waals surface area contributed by atoms with Gasteiger partial charge in [0.1, 0.15) is 0 Å². The number of hydrogen-bond acceptors (Lipinski definition) is 3. The van der Waals surface area contributed by atoms with Crippen molar-refractivity contribution in [2.24, 2.45) is 0 Å². The van der Waals surface area contributed by atoms with Gasteiger partial charge in [0.15, 0.2) is 0 Å². The molecule has 0 spiro atoms. The van der Waals surface area contributed by atoms with Gasteiger partial charge in [-0.2, -0.15) is 5.10 Å². The molecule has 0 bridgehead atoms. The molecular formula is C17H24ClN3O. The van der Waals surface area contributed by atoms with E-state index >= 15 is 0 Å². The zero-order chi connectivity index (χ0) is 16.1. The highest BCUT2D eigenvalue weighted by molar-refractivity contribution is 6.30. The summed E-state index contributed by atoms with van der Waals surface area (Å²) < 4.78 is 2.04. The first kappa shape index (κ1) is 17.0. The predicted octanol–water partition coefficient (Wildman–Crippen LogP) is 3.02. The van der Waals surface area contributed by atoms with E-state index in [0.29, 0.717) is 6.54 Å². The molecular weight excluding hydrogens is 298 g/mol. The van der Waals surface area contributed by atoms with Gasteiger partial charge in [-0.05, 0) is 38.1 Å². The van der Waals surface area contributed by atoms with Gasteiger partial charge in [-0.1, -0.05) is 30.7 Å². The highest BCUT2D eigenvalue weighted by Gasteiger charge is 2.14. The standard InChI is InChI=1S/C17H24ClN3O/c1-4-20(9-10-22)12-17-13(2)19-21(14(17)3)11-15-5-7-16(18)8-6-15/h5-8,22H,4,9-12H2,1-3H3. The first-order chi connectivity index (χ1) is 10.5. The summed E-state index contributed by atoms with van der Waals surface area (Å²) in [5.41, 5.74) is 4.68. The normalized spacial score (nSPS) is 11.4. The van der Waals surface area contributed by atoms with Crippen LogP contribution in [0.3, 0.4) is 0 Å². The third-order valence-electron chi connectivity index (χ3n) is 4.02. The lowest BCUT2D eigenvalue weighted by Gasteiger charge is -2.19. The van der Waals surface area contributed by atoms with Crippen LogP contribution in [-0.2, 0) is 13.1 Å². The highest BCUT2D eigenvalue weighted by atomic mass is 35.5. The van der Waals surface area contributed by atoms with Crippen LogP contribution in [0.25, 0.3) is 0 Å². The van der Waals surface area contributed by atoms with Gasteiger partial charge in [0.05, 0.1) is 18.8 Å². The Balaban J connectivity index is 2.17. The Morgan fingerprint density at radius 2 is 1.91 bits per heavy atom. The molecule has 0 aliphatic rings. The number of aromatic nitrogens is 2. The van der Waals surface area contributed by atoms with Crippen molar-refractivity contribution in [2.45, 2.75) is 33.9 Å². The van der Waals surface area contributed by atoms with Crippen molar-refractivity contribution >= 4 is 11.6 Å². The molecule has 1 N–H and O–H groups in total. The van der Waals surface area contributed by atoms with Crippen LogP contribution in [0.2, 0.25) is 5.02 Å². The van der Waals surface area contributed by atoms with Gasteiger partial charge in [0, 0.05) is 29.4 Å². The van der Waals surface area contributed by atoms with Gasteiger partial charge in [-0.3, -0.25) is 9.58 Å². The predicted molar refractivity (Wildman–Crippen MR) is 90.3 cm³/mol. The zero-order valence-corrected chi connectivity index (χ0v) is 14.3. The van der Waals surface area contributed by atoms with Gasteiger partial charge in [-0.15, -0.1) is 0 Å². The molecule has 0 aliphatic carbocycles. The van der Waals surface area contributed by atoms with E-state index in [2.05, 4.69) is 23.8 Å². The van der Waals surface area contributed by atoms with Crippen LogP contribution in [0.5, 0.6) is 0 Å². The van der Waals surface area contributed by atoms with E-state index in [1.165, 1.54) is 16.8 Å². The number of rotatable bonds is 7. The van der Waals surface area contributed by atoms with Crippen LogP contribution in [0, 0.1) is 13.8 Å². The summed E-state index contributed by atoms with van der Waals surface area (Å²) >= 11 is 5.93. The fourth-order valence-corrected chi connectivity index (χ4v) is 2.72. The van der Waals surface area contributed by atoms with Crippen LogP contribution in [0.15, 0.2) is 24.3 Å². The van der Waals surface area contributed by atoms with Gasteiger partial charge < -0.3 is 5.11 Å². The maximum absolute atomic E-state index is 9.13. The maximum atomic E-state index is 9.13. The van der Waals surface area contributed by atoms with Crippen molar-refractivity contribution in [3.05, 3.63) is 51.8 Å². The van der Waals surface area contributed by atoms with E-state index in [1.807, 2.05) is 35.9 Å². The first-order valence-corrected chi connectivity index (χ1v) is 8.03. The molecule has 5 heteroatoms. The van der Waals surface area contributed by atoms with Crippen molar-refractivity contribution in [2.75, 3.05) is 19.7 Å².